The van der Waals surface area contributed by atoms with Crippen molar-refractivity contribution in [2.75, 3.05) is 5.32 Å². The molecule has 0 radical (unpaired) electrons. The summed E-state index contributed by atoms with van der Waals surface area (Å²) in [5.74, 6) is 0. The molecule has 0 fully saturated rings. The number of rotatable bonds is 3. The number of nitrogens with zero attached hydrogens (tertiary/aromatic N) is 3. The maximum absolute atomic E-state index is 8.84. The van der Waals surface area contributed by atoms with Gasteiger partial charge in [-0.15, -0.1) is 0 Å². The van der Waals surface area contributed by atoms with Crippen LogP contribution in [0.15, 0.2) is 35.1 Å². The molecule has 1 N–H and O–H groups in total. The quantitative estimate of drug-likeness (QED) is 0.927. The van der Waals surface area contributed by atoms with E-state index in [1.165, 1.54) is 0 Å². The number of hydrogen-bond acceptors (Lipinski definition) is 3. The zero-order valence-electron chi connectivity index (χ0n) is 11.8. The van der Waals surface area contributed by atoms with Gasteiger partial charge in [-0.1, -0.05) is 0 Å². The highest BCUT2D eigenvalue weighted by Gasteiger charge is 2.13. The molecule has 0 aliphatic rings. The van der Waals surface area contributed by atoms with Gasteiger partial charge < -0.3 is 5.32 Å². The van der Waals surface area contributed by atoms with Gasteiger partial charge in [-0.25, -0.2) is 0 Å². The monoisotopic (exact) mass is 332 g/mol. The van der Waals surface area contributed by atoms with E-state index < -0.39 is 0 Å². The molecule has 20 heavy (non-hydrogen) atoms. The number of aromatic nitrogens is 2. The van der Waals surface area contributed by atoms with Crippen LogP contribution in [0.2, 0.25) is 0 Å². The zero-order chi connectivity index (χ0) is 14.8. The molecular formula is C15H17BrN4. The van der Waals surface area contributed by atoms with Gasteiger partial charge in [-0.05, 0) is 54.9 Å². The summed E-state index contributed by atoms with van der Waals surface area (Å²) in [7, 11) is 0. The van der Waals surface area contributed by atoms with Crippen molar-refractivity contribution in [3.05, 3.63) is 46.2 Å². The molecule has 1 aromatic carbocycles. The average Bonchev–Trinajstić information content (AvgIpc) is 2.86. The molecule has 5 heteroatoms. The Bertz CT molecular complexity index is 647. The lowest BCUT2D eigenvalue weighted by atomic mass is 10.1. The molecular weight excluding hydrogens is 316 g/mol. The predicted molar refractivity (Wildman–Crippen MR) is 83.4 cm³/mol. The molecule has 2 rings (SSSR count). The molecule has 0 spiro atoms. The first-order chi connectivity index (χ1) is 9.40. The Morgan fingerprint density at radius 1 is 1.40 bits per heavy atom. The lowest BCUT2D eigenvalue weighted by Gasteiger charge is -2.18. The van der Waals surface area contributed by atoms with Crippen molar-refractivity contribution >= 4 is 21.6 Å². The van der Waals surface area contributed by atoms with Gasteiger partial charge in [0.1, 0.15) is 0 Å². The second kappa shape index (κ2) is 5.68. The van der Waals surface area contributed by atoms with E-state index in [1.807, 2.05) is 23.1 Å². The number of benzene rings is 1. The Labute approximate surface area is 127 Å². The third-order valence-corrected chi connectivity index (χ3v) is 3.56. The standard InChI is InChI=1S/C15H17BrN4/c1-15(2,3)20-10-12(9-19-20)8-18-14-5-4-11(7-17)6-13(14)16/h4-6,9-10,18H,8H2,1-3H3. The minimum Gasteiger partial charge on any atom is -0.380 e. The second-order valence-electron chi connectivity index (χ2n) is 5.62. The highest BCUT2D eigenvalue weighted by atomic mass is 79.9. The summed E-state index contributed by atoms with van der Waals surface area (Å²) >= 11 is 3.46. The van der Waals surface area contributed by atoms with Gasteiger partial charge in [0.15, 0.2) is 0 Å². The van der Waals surface area contributed by atoms with Crippen molar-refractivity contribution in [3.63, 3.8) is 0 Å². The van der Waals surface area contributed by atoms with E-state index in [4.69, 9.17) is 5.26 Å². The van der Waals surface area contributed by atoms with Crippen LogP contribution in [0.1, 0.15) is 31.9 Å². The van der Waals surface area contributed by atoms with Crippen molar-refractivity contribution in [3.8, 4) is 6.07 Å². The molecule has 0 amide bonds. The highest BCUT2D eigenvalue weighted by Crippen LogP contribution is 2.24. The topological polar surface area (TPSA) is 53.6 Å². The van der Waals surface area contributed by atoms with Crippen molar-refractivity contribution in [1.82, 2.24) is 9.78 Å². The molecule has 0 aliphatic heterocycles. The van der Waals surface area contributed by atoms with E-state index >= 15 is 0 Å². The van der Waals surface area contributed by atoms with Gasteiger partial charge in [0.25, 0.3) is 0 Å². The fourth-order valence-electron chi connectivity index (χ4n) is 1.74. The van der Waals surface area contributed by atoms with Crippen LogP contribution in [0.25, 0.3) is 0 Å². The Balaban J connectivity index is 2.06. The molecule has 2 aromatic rings. The second-order valence-corrected chi connectivity index (χ2v) is 6.48. The maximum Gasteiger partial charge on any atom is 0.0992 e. The fourth-order valence-corrected chi connectivity index (χ4v) is 2.26. The fraction of sp³-hybridized carbons (Fsp3) is 0.333. The van der Waals surface area contributed by atoms with E-state index in [2.05, 4.69) is 53.2 Å². The van der Waals surface area contributed by atoms with Gasteiger partial charge in [0, 0.05) is 28.5 Å². The minimum absolute atomic E-state index is 0.00667. The van der Waals surface area contributed by atoms with E-state index in [9.17, 15) is 0 Å². The molecule has 1 heterocycles. The Morgan fingerprint density at radius 3 is 2.70 bits per heavy atom. The number of nitrogens with one attached hydrogen (secondary N) is 1. The van der Waals surface area contributed by atoms with E-state index in [1.54, 1.807) is 12.1 Å². The molecule has 1 aromatic heterocycles. The molecule has 0 bridgehead atoms. The third-order valence-electron chi connectivity index (χ3n) is 2.90. The van der Waals surface area contributed by atoms with Gasteiger partial charge in [0.05, 0.1) is 23.4 Å². The molecule has 4 nitrogen and oxygen atoms in total. The van der Waals surface area contributed by atoms with Crippen molar-refractivity contribution in [2.24, 2.45) is 0 Å². The van der Waals surface area contributed by atoms with Crippen molar-refractivity contribution < 1.29 is 0 Å². The first kappa shape index (κ1) is 14.6. The summed E-state index contributed by atoms with van der Waals surface area (Å²) in [6.07, 6.45) is 3.92. The van der Waals surface area contributed by atoms with Gasteiger partial charge in [-0.2, -0.15) is 10.4 Å². The van der Waals surface area contributed by atoms with Gasteiger partial charge in [0.2, 0.25) is 0 Å². The summed E-state index contributed by atoms with van der Waals surface area (Å²) in [5, 5.41) is 16.5. The predicted octanol–water partition coefficient (Wildman–Crippen LogP) is 3.88. The van der Waals surface area contributed by atoms with Crippen LogP contribution < -0.4 is 5.32 Å². The number of hydrogen-bond donors (Lipinski definition) is 1. The first-order valence-corrected chi connectivity index (χ1v) is 7.17. The van der Waals surface area contributed by atoms with E-state index in [0.717, 1.165) is 15.7 Å². The van der Waals surface area contributed by atoms with Crippen LogP contribution in [-0.2, 0) is 12.1 Å². The third kappa shape index (κ3) is 3.40. The normalized spacial score (nSPS) is 11.2. The average molecular weight is 333 g/mol. The molecule has 0 atom stereocenters. The molecule has 0 saturated carbocycles. The van der Waals surface area contributed by atoms with Crippen LogP contribution in [0, 0.1) is 11.3 Å². The number of anilines is 1. The molecule has 0 unspecified atom stereocenters. The Kier molecular flexibility index (Phi) is 4.15. The van der Waals surface area contributed by atoms with Crippen molar-refractivity contribution in [1.29, 1.82) is 5.26 Å². The largest absolute Gasteiger partial charge is 0.380 e. The smallest absolute Gasteiger partial charge is 0.0992 e. The van der Waals surface area contributed by atoms with Crippen LogP contribution in [-0.4, -0.2) is 9.78 Å². The summed E-state index contributed by atoms with van der Waals surface area (Å²) in [6.45, 7) is 7.05. The molecule has 0 aliphatic carbocycles. The Morgan fingerprint density at radius 2 is 2.15 bits per heavy atom. The maximum atomic E-state index is 8.84. The summed E-state index contributed by atoms with van der Waals surface area (Å²) in [4.78, 5) is 0. The number of halogens is 1. The van der Waals surface area contributed by atoms with E-state index in [-0.39, 0.29) is 5.54 Å². The highest BCUT2D eigenvalue weighted by molar-refractivity contribution is 9.10. The molecule has 0 saturated heterocycles. The first-order valence-electron chi connectivity index (χ1n) is 6.38. The summed E-state index contributed by atoms with van der Waals surface area (Å²) in [5.41, 5.74) is 2.72. The Hall–Kier alpha value is -1.80. The van der Waals surface area contributed by atoms with Crippen LogP contribution >= 0.6 is 15.9 Å². The summed E-state index contributed by atoms with van der Waals surface area (Å²) < 4.78 is 2.84. The van der Waals surface area contributed by atoms with E-state index in [0.29, 0.717) is 12.1 Å². The van der Waals surface area contributed by atoms with Crippen LogP contribution in [0.5, 0.6) is 0 Å². The zero-order valence-corrected chi connectivity index (χ0v) is 13.4. The number of nitriles is 1. The van der Waals surface area contributed by atoms with Gasteiger partial charge >= 0.3 is 0 Å². The van der Waals surface area contributed by atoms with Crippen LogP contribution in [0.3, 0.4) is 0 Å². The lowest BCUT2D eigenvalue weighted by molar-refractivity contribution is 0.355. The van der Waals surface area contributed by atoms with Crippen molar-refractivity contribution in [2.45, 2.75) is 32.9 Å². The summed E-state index contributed by atoms with van der Waals surface area (Å²) in [6, 6.07) is 7.62. The SMILES string of the molecule is CC(C)(C)n1cc(CNc2ccc(C#N)cc2Br)cn1. The van der Waals surface area contributed by atoms with Gasteiger partial charge in [-0.3, -0.25) is 4.68 Å². The lowest BCUT2D eigenvalue weighted by Crippen LogP contribution is -2.21. The molecule has 104 valence electrons. The minimum atomic E-state index is -0.00667. The van der Waals surface area contributed by atoms with Crippen LogP contribution in [0.4, 0.5) is 5.69 Å².